The van der Waals surface area contributed by atoms with Crippen molar-refractivity contribution in [3.05, 3.63) is 29.8 Å². The standard InChI is InChI=1S/C15H23NO3/c1-15(2,3)19-11-14(17)16(4)10-12-7-6-8-13(9-12)18-5/h6-9H,10-11H2,1-5H3. The van der Waals surface area contributed by atoms with E-state index in [1.54, 1.807) is 19.1 Å². The van der Waals surface area contributed by atoms with Gasteiger partial charge in [-0.25, -0.2) is 0 Å². The van der Waals surface area contributed by atoms with Crippen LogP contribution in [0.4, 0.5) is 0 Å². The van der Waals surface area contributed by atoms with Gasteiger partial charge in [0.2, 0.25) is 5.91 Å². The van der Waals surface area contributed by atoms with E-state index in [0.29, 0.717) is 6.54 Å². The van der Waals surface area contributed by atoms with E-state index in [1.165, 1.54) is 0 Å². The molecule has 0 radical (unpaired) electrons. The van der Waals surface area contributed by atoms with Gasteiger partial charge in [0.15, 0.2) is 0 Å². The number of methoxy groups -OCH3 is 1. The lowest BCUT2D eigenvalue weighted by molar-refractivity contribution is -0.140. The Morgan fingerprint density at radius 2 is 2.00 bits per heavy atom. The van der Waals surface area contributed by atoms with Crippen LogP contribution in [-0.2, 0) is 16.1 Å². The van der Waals surface area contributed by atoms with Gasteiger partial charge in [-0.3, -0.25) is 4.79 Å². The van der Waals surface area contributed by atoms with Crippen LogP contribution in [0.3, 0.4) is 0 Å². The third-order valence-corrected chi connectivity index (χ3v) is 2.61. The number of carbonyl (C=O) groups is 1. The largest absolute Gasteiger partial charge is 0.497 e. The number of hydrogen-bond donors (Lipinski definition) is 0. The number of ether oxygens (including phenoxy) is 2. The zero-order valence-electron chi connectivity index (χ0n) is 12.4. The smallest absolute Gasteiger partial charge is 0.248 e. The van der Waals surface area contributed by atoms with E-state index in [4.69, 9.17) is 9.47 Å². The van der Waals surface area contributed by atoms with Crippen LogP contribution in [0.1, 0.15) is 26.3 Å². The zero-order valence-corrected chi connectivity index (χ0v) is 12.4. The molecule has 0 saturated heterocycles. The summed E-state index contributed by atoms with van der Waals surface area (Å²) in [5.74, 6) is 0.766. The number of hydrogen-bond acceptors (Lipinski definition) is 3. The van der Waals surface area contributed by atoms with Gasteiger partial charge in [0, 0.05) is 13.6 Å². The van der Waals surface area contributed by atoms with E-state index in [9.17, 15) is 4.79 Å². The highest BCUT2D eigenvalue weighted by Gasteiger charge is 2.15. The van der Waals surface area contributed by atoms with Crippen LogP contribution >= 0.6 is 0 Å². The van der Waals surface area contributed by atoms with Crippen molar-refractivity contribution in [3.63, 3.8) is 0 Å². The molecule has 0 saturated carbocycles. The van der Waals surface area contributed by atoms with Crippen molar-refractivity contribution >= 4 is 5.91 Å². The minimum atomic E-state index is -0.299. The summed E-state index contributed by atoms with van der Waals surface area (Å²) in [5, 5.41) is 0. The Kier molecular flexibility index (Phi) is 5.36. The summed E-state index contributed by atoms with van der Waals surface area (Å²) in [6, 6.07) is 7.69. The summed E-state index contributed by atoms with van der Waals surface area (Å²) in [6.45, 7) is 6.44. The first-order chi connectivity index (χ1) is 8.81. The molecular formula is C15H23NO3. The van der Waals surface area contributed by atoms with Crippen molar-refractivity contribution in [3.8, 4) is 5.75 Å². The highest BCUT2D eigenvalue weighted by molar-refractivity contribution is 5.77. The van der Waals surface area contributed by atoms with Crippen LogP contribution < -0.4 is 4.74 Å². The molecule has 106 valence electrons. The zero-order chi connectivity index (χ0) is 14.5. The normalized spacial score (nSPS) is 11.2. The van der Waals surface area contributed by atoms with Crippen molar-refractivity contribution < 1.29 is 14.3 Å². The molecule has 1 aromatic carbocycles. The van der Waals surface area contributed by atoms with E-state index in [1.807, 2.05) is 45.0 Å². The van der Waals surface area contributed by atoms with E-state index in [0.717, 1.165) is 11.3 Å². The van der Waals surface area contributed by atoms with Gasteiger partial charge in [-0.2, -0.15) is 0 Å². The van der Waals surface area contributed by atoms with Crippen LogP contribution in [-0.4, -0.2) is 37.2 Å². The number of amides is 1. The molecule has 0 fully saturated rings. The summed E-state index contributed by atoms with van der Waals surface area (Å²) >= 11 is 0. The highest BCUT2D eigenvalue weighted by Crippen LogP contribution is 2.14. The SMILES string of the molecule is COc1cccc(CN(C)C(=O)COC(C)(C)C)c1. The van der Waals surface area contributed by atoms with Crippen LogP contribution in [0.5, 0.6) is 5.75 Å². The van der Waals surface area contributed by atoms with E-state index < -0.39 is 0 Å². The monoisotopic (exact) mass is 265 g/mol. The van der Waals surface area contributed by atoms with E-state index >= 15 is 0 Å². The second-order valence-corrected chi connectivity index (χ2v) is 5.50. The Morgan fingerprint density at radius 3 is 2.58 bits per heavy atom. The lowest BCUT2D eigenvalue weighted by Crippen LogP contribution is -2.33. The van der Waals surface area contributed by atoms with Gasteiger partial charge in [-0.05, 0) is 38.5 Å². The van der Waals surface area contributed by atoms with Crippen LogP contribution in [0.15, 0.2) is 24.3 Å². The van der Waals surface area contributed by atoms with Crippen LogP contribution in [0.25, 0.3) is 0 Å². The molecule has 0 N–H and O–H groups in total. The quantitative estimate of drug-likeness (QED) is 0.821. The van der Waals surface area contributed by atoms with E-state index in [-0.39, 0.29) is 18.1 Å². The molecule has 0 atom stereocenters. The Hall–Kier alpha value is -1.55. The maximum Gasteiger partial charge on any atom is 0.248 e. The number of nitrogens with zero attached hydrogens (tertiary/aromatic N) is 1. The molecule has 1 amide bonds. The van der Waals surface area contributed by atoms with Gasteiger partial charge in [0.25, 0.3) is 0 Å². The Bertz CT molecular complexity index is 424. The third-order valence-electron chi connectivity index (χ3n) is 2.61. The minimum absolute atomic E-state index is 0.0299. The summed E-state index contributed by atoms with van der Waals surface area (Å²) in [5.41, 5.74) is 0.734. The molecule has 4 nitrogen and oxygen atoms in total. The maximum absolute atomic E-state index is 11.9. The average Bonchev–Trinajstić information content (AvgIpc) is 2.35. The first kappa shape index (κ1) is 15.5. The fourth-order valence-corrected chi connectivity index (χ4v) is 1.52. The maximum atomic E-state index is 11.9. The molecule has 0 aliphatic carbocycles. The fourth-order valence-electron chi connectivity index (χ4n) is 1.52. The van der Waals surface area contributed by atoms with Gasteiger partial charge in [-0.15, -0.1) is 0 Å². The summed E-state index contributed by atoms with van der Waals surface area (Å²) < 4.78 is 10.6. The first-order valence-electron chi connectivity index (χ1n) is 6.32. The number of likely N-dealkylation sites (N-methyl/N-ethyl adjacent to an activating group) is 1. The Balaban J connectivity index is 2.53. The predicted octanol–water partition coefficient (Wildman–Crippen LogP) is 2.47. The summed E-state index contributed by atoms with van der Waals surface area (Å²) in [4.78, 5) is 13.6. The molecule has 4 heteroatoms. The second kappa shape index (κ2) is 6.57. The van der Waals surface area contributed by atoms with Gasteiger partial charge >= 0.3 is 0 Å². The fraction of sp³-hybridized carbons (Fsp3) is 0.533. The van der Waals surface area contributed by atoms with Crippen LogP contribution in [0, 0.1) is 0 Å². The summed E-state index contributed by atoms with van der Waals surface area (Å²) in [7, 11) is 3.40. The lowest BCUT2D eigenvalue weighted by Gasteiger charge is -2.22. The van der Waals surface area contributed by atoms with Gasteiger partial charge < -0.3 is 14.4 Å². The molecule has 1 aromatic rings. The molecule has 0 heterocycles. The Morgan fingerprint density at radius 1 is 1.32 bits per heavy atom. The van der Waals surface area contributed by atoms with Crippen molar-refractivity contribution in [2.24, 2.45) is 0 Å². The molecular weight excluding hydrogens is 242 g/mol. The third kappa shape index (κ3) is 5.75. The predicted molar refractivity (Wildman–Crippen MR) is 75.2 cm³/mol. The number of benzene rings is 1. The Labute approximate surface area is 115 Å². The number of carbonyl (C=O) groups excluding carboxylic acids is 1. The lowest BCUT2D eigenvalue weighted by atomic mass is 10.2. The van der Waals surface area contributed by atoms with Gasteiger partial charge in [0.05, 0.1) is 12.7 Å². The van der Waals surface area contributed by atoms with Crippen molar-refractivity contribution in [2.75, 3.05) is 20.8 Å². The first-order valence-corrected chi connectivity index (χ1v) is 6.32. The van der Waals surface area contributed by atoms with Crippen molar-refractivity contribution in [2.45, 2.75) is 32.9 Å². The van der Waals surface area contributed by atoms with Crippen LogP contribution in [0.2, 0.25) is 0 Å². The molecule has 1 rings (SSSR count). The van der Waals surface area contributed by atoms with Gasteiger partial charge in [0.1, 0.15) is 12.4 Å². The topological polar surface area (TPSA) is 38.8 Å². The van der Waals surface area contributed by atoms with Gasteiger partial charge in [-0.1, -0.05) is 12.1 Å². The molecule has 19 heavy (non-hydrogen) atoms. The second-order valence-electron chi connectivity index (χ2n) is 5.50. The molecule has 0 bridgehead atoms. The van der Waals surface area contributed by atoms with Crippen molar-refractivity contribution in [1.82, 2.24) is 4.90 Å². The van der Waals surface area contributed by atoms with E-state index in [2.05, 4.69) is 0 Å². The van der Waals surface area contributed by atoms with Crippen molar-refractivity contribution in [1.29, 1.82) is 0 Å². The molecule has 0 unspecified atom stereocenters. The molecule has 0 aliphatic heterocycles. The molecule has 0 spiro atoms. The number of rotatable bonds is 5. The molecule has 0 aliphatic rings. The average molecular weight is 265 g/mol. The summed E-state index contributed by atoms with van der Waals surface area (Å²) in [6.07, 6.45) is 0. The highest BCUT2D eigenvalue weighted by atomic mass is 16.5. The minimum Gasteiger partial charge on any atom is -0.497 e. The molecule has 0 aromatic heterocycles.